The van der Waals surface area contributed by atoms with Gasteiger partial charge in [-0.3, -0.25) is 19.6 Å². The molecule has 0 saturated heterocycles. The molecule has 15 heteroatoms. The summed E-state index contributed by atoms with van der Waals surface area (Å²) in [4.78, 5) is 29.6. The first-order chi connectivity index (χ1) is 19.2. The highest BCUT2D eigenvalue weighted by Crippen LogP contribution is 2.05. The van der Waals surface area contributed by atoms with Crippen molar-refractivity contribution < 1.29 is 34.3 Å². The molecule has 4 unspecified atom stereocenters. The molecule has 0 spiro atoms. The maximum absolute atomic E-state index is 11.0. The minimum absolute atomic E-state index is 0.00866. The Balaban J connectivity index is 5.18. The number of hydrogen-bond donors (Lipinski definition) is 3. The highest BCUT2D eigenvalue weighted by Gasteiger charge is 2.19. The van der Waals surface area contributed by atoms with Gasteiger partial charge in [-0.2, -0.15) is 0 Å². The van der Waals surface area contributed by atoms with Crippen LogP contribution in [0.2, 0.25) is 0 Å². The Bertz CT molecular complexity index is 599. The number of nitroso groups, excluding NO2 is 2. The van der Waals surface area contributed by atoms with E-state index in [1.165, 1.54) is 0 Å². The molecule has 0 fully saturated rings. The zero-order valence-electron chi connectivity index (χ0n) is 25.1. The van der Waals surface area contributed by atoms with E-state index in [0.717, 1.165) is 0 Å². The topological polar surface area (TPSA) is 169 Å². The molecular formula is C25H54N6O9. The molecule has 238 valence electrons. The molecule has 40 heavy (non-hydrogen) atoms. The van der Waals surface area contributed by atoms with Gasteiger partial charge in [0.25, 0.3) is 0 Å². The van der Waals surface area contributed by atoms with Gasteiger partial charge in [-0.05, 0) is 39.8 Å². The molecule has 0 heterocycles. The molecule has 0 aromatic carbocycles. The molecule has 0 saturated carbocycles. The second kappa shape index (κ2) is 25.5. The van der Waals surface area contributed by atoms with Crippen LogP contribution in [0.25, 0.3) is 0 Å². The van der Waals surface area contributed by atoms with Gasteiger partial charge in [-0.1, -0.05) is 5.18 Å². The molecule has 0 aliphatic heterocycles. The summed E-state index contributed by atoms with van der Waals surface area (Å²) < 4.78 is 21.6. The van der Waals surface area contributed by atoms with Crippen LogP contribution in [0.3, 0.4) is 0 Å². The molecule has 4 atom stereocenters. The van der Waals surface area contributed by atoms with Gasteiger partial charge in [-0.25, -0.2) is 0 Å². The number of aliphatic hydroxyl groups is 3. The normalized spacial score (nSPS) is 15.2. The van der Waals surface area contributed by atoms with E-state index in [9.17, 15) is 14.9 Å². The minimum Gasteiger partial charge on any atom is -0.381 e. The van der Waals surface area contributed by atoms with E-state index in [4.69, 9.17) is 29.2 Å². The van der Waals surface area contributed by atoms with Crippen LogP contribution < -0.4 is 0 Å². The molecular weight excluding hydrogens is 528 g/mol. The molecule has 0 aliphatic carbocycles. The molecule has 3 N–H and O–H groups in total. The predicted octanol–water partition coefficient (Wildman–Crippen LogP) is 0.132. The molecule has 0 amide bonds. The summed E-state index contributed by atoms with van der Waals surface area (Å²) in [5, 5.41) is 33.9. The summed E-state index contributed by atoms with van der Waals surface area (Å²) in [6, 6.07) is 0. The van der Waals surface area contributed by atoms with E-state index in [0.29, 0.717) is 72.1 Å². The lowest BCUT2D eigenvalue weighted by molar-refractivity contribution is -0.0592. The fraction of sp³-hybridized carbons (Fsp3) is 1.00. The Morgan fingerprint density at radius 3 is 1.48 bits per heavy atom. The highest BCUT2D eigenvalue weighted by atomic mass is 16.6. The van der Waals surface area contributed by atoms with Crippen molar-refractivity contribution in [2.45, 2.75) is 59.0 Å². The lowest BCUT2D eigenvalue weighted by atomic mass is 10.3. The van der Waals surface area contributed by atoms with Crippen molar-refractivity contribution >= 4 is 0 Å². The number of rotatable bonds is 29. The maximum atomic E-state index is 11.0. The lowest BCUT2D eigenvalue weighted by Gasteiger charge is -2.32. The Labute approximate surface area is 239 Å². The average molecular weight is 583 g/mol. The largest absolute Gasteiger partial charge is 0.381 e. The van der Waals surface area contributed by atoms with Crippen molar-refractivity contribution in [2.75, 3.05) is 106 Å². The van der Waals surface area contributed by atoms with Crippen LogP contribution in [0.5, 0.6) is 0 Å². The van der Waals surface area contributed by atoms with Gasteiger partial charge >= 0.3 is 0 Å². The van der Waals surface area contributed by atoms with Crippen LogP contribution >= 0.6 is 0 Å². The monoisotopic (exact) mass is 582 g/mol. The van der Waals surface area contributed by atoms with Crippen LogP contribution in [0.1, 0.15) is 34.6 Å². The number of aliphatic hydroxyl groups excluding tert-OH is 3. The van der Waals surface area contributed by atoms with Crippen molar-refractivity contribution in [2.24, 2.45) is 10.4 Å². The first-order valence-electron chi connectivity index (χ1n) is 14.0. The number of hydrogen-bond acceptors (Lipinski definition) is 15. The first kappa shape index (κ1) is 38.8. The summed E-state index contributed by atoms with van der Waals surface area (Å²) >= 11 is 0. The van der Waals surface area contributed by atoms with Crippen molar-refractivity contribution in [1.29, 1.82) is 0 Å². The summed E-state index contributed by atoms with van der Waals surface area (Å²) in [6.07, 6.45) is -0.655. The fourth-order valence-corrected chi connectivity index (χ4v) is 4.32. The van der Waals surface area contributed by atoms with Gasteiger partial charge in [0.05, 0.1) is 31.1 Å². The SMILES string of the molecule is CCOC(C)CN(CCN(CO)CCN(CCN(CN=O)CC(C)OCO)CC(C)OCN=O)CC(C)OCO. The smallest absolute Gasteiger partial charge is 0.179 e. The summed E-state index contributed by atoms with van der Waals surface area (Å²) in [7, 11) is 0. The molecule has 0 aromatic heterocycles. The van der Waals surface area contributed by atoms with Crippen molar-refractivity contribution in [1.82, 2.24) is 19.6 Å². The second-order valence-corrected chi connectivity index (χ2v) is 9.88. The molecule has 0 radical (unpaired) electrons. The molecule has 0 aromatic rings. The Kier molecular flexibility index (Phi) is 24.7. The number of nitrogens with zero attached hydrogens (tertiary/aromatic N) is 6. The van der Waals surface area contributed by atoms with Crippen LogP contribution in [0.4, 0.5) is 0 Å². The van der Waals surface area contributed by atoms with E-state index < -0.39 is 6.79 Å². The summed E-state index contributed by atoms with van der Waals surface area (Å²) in [5.41, 5.74) is 0. The van der Waals surface area contributed by atoms with E-state index in [1.807, 2.05) is 44.4 Å². The number of ether oxygens (including phenoxy) is 4. The van der Waals surface area contributed by atoms with Gasteiger partial charge in [0.2, 0.25) is 0 Å². The molecule has 0 rings (SSSR count). The fourth-order valence-electron chi connectivity index (χ4n) is 4.32. The lowest BCUT2D eigenvalue weighted by Crippen LogP contribution is -2.46. The Morgan fingerprint density at radius 1 is 0.575 bits per heavy atom. The molecule has 0 aliphatic rings. The van der Waals surface area contributed by atoms with Gasteiger partial charge in [0.1, 0.15) is 20.3 Å². The highest BCUT2D eigenvalue weighted by molar-refractivity contribution is 4.72. The third-order valence-corrected chi connectivity index (χ3v) is 6.30. The maximum Gasteiger partial charge on any atom is 0.179 e. The van der Waals surface area contributed by atoms with E-state index in [1.54, 1.807) is 0 Å². The van der Waals surface area contributed by atoms with E-state index in [-0.39, 0.29) is 51.3 Å². The zero-order valence-corrected chi connectivity index (χ0v) is 25.1. The first-order valence-corrected chi connectivity index (χ1v) is 14.0. The quantitative estimate of drug-likeness (QED) is 0.0804. The van der Waals surface area contributed by atoms with Gasteiger partial charge in [-0.15, -0.1) is 9.81 Å². The van der Waals surface area contributed by atoms with Crippen LogP contribution in [0, 0.1) is 9.81 Å². The molecule has 15 nitrogen and oxygen atoms in total. The minimum atomic E-state index is -0.401. The van der Waals surface area contributed by atoms with Crippen molar-refractivity contribution in [3.8, 4) is 0 Å². The third kappa shape index (κ3) is 20.6. The van der Waals surface area contributed by atoms with Crippen LogP contribution in [-0.2, 0) is 18.9 Å². The van der Waals surface area contributed by atoms with Gasteiger partial charge in [0.15, 0.2) is 6.73 Å². The summed E-state index contributed by atoms with van der Waals surface area (Å²) in [6.45, 7) is 14.9. The third-order valence-electron chi connectivity index (χ3n) is 6.30. The standard InChI is InChI=1S/C25H54N6O9/c1-6-37-22(2)14-30(15-24(4)39-20-33)11-10-29(19-32)9-7-28(13-23(3)38-18-27-36)8-12-31(17-26-35)16-25(5)40-21-34/h22-25,32-34H,6-21H2,1-5H3. The van der Waals surface area contributed by atoms with Crippen LogP contribution in [0.15, 0.2) is 10.4 Å². The second-order valence-electron chi connectivity index (χ2n) is 9.88. The van der Waals surface area contributed by atoms with Crippen LogP contribution in [-0.4, -0.2) is 165 Å². The Hall–Kier alpha value is -1.24. The van der Waals surface area contributed by atoms with Crippen molar-refractivity contribution in [3.05, 3.63) is 9.81 Å². The Morgan fingerprint density at radius 2 is 1.00 bits per heavy atom. The van der Waals surface area contributed by atoms with Crippen molar-refractivity contribution in [3.63, 3.8) is 0 Å². The predicted molar refractivity (Wildman–Crippen MR) is 151 cm³/mol. The van der Waals surface area contributed by atoms with E-state index >= 15 is 0 Å². The van der Waals surface area contributed by atoms with E-state index in [2.05, 4.69) is 20.2 Å². The zero-order chi connectivity index (χ0) is 30.2. The summed E-state index contributed by atoms with van der Waals surface area (Å²) in [5.74, 6) is 0. The average Bonchev–Trinajstić information content (AvgIpc) is 2.90. The van der Waals surface area contributed by atoms with Gasteiger partial charge < -0.3 is 34.3 Å². The van der Waals surface area contributed by atoms with Gasteiger partial charge in [0, 0.05) is 72.1 Å². The molecule has 0 bridgehead atoms.